The number of carboxylic acid groups (broad SMARTS) is 1. The number of hydrogen-bond acceptors (Lipinski definition) is 6. The topological polar surface area (TPSA) is 116 Å². The SMILES string of the molecule is Cc1ccc(OCc2cc(C(=O)O)c(C)o2)c([N+](=O)[O-])n1. The van der Waals surface area contributed by atoms with E-state index in [0.717, 1.165) is 0 Å². The highest BCUT2D eigenvalue weighted by molar-refractivity contribution is 5.88. The molecular weight excluding hydrogens is 280 g/mol. The summed E-state index contributed by atoms with van der Waals surface area (Å²) in [5.74, 6) is -0.990. The van der Waals surface area contributed by atoms with Crippen LogP contribution >= 0.6 is 0 Å². The molecule has 0 saturated heterocycles. The van der Waals surface area contributed by atoms with Gasteiger partial charge in [-0.15, -0.1) is 0 Å². The summed E-state index contributed by atoms with van der Waals surface area (Å²) in [6.07, 6.45) is 0. The van der Waals surface area contributed by atoms with Crippen molar-refractivity contribution >= 4 is 11.8 Å². The van der Waals surface area contributed by atoms with Crippen LogP contribution in [-0.4, -0.2) is 21.0 Å². The Kier molecular flexibility index (Phi) is 3.88. The standard InChI is InChI=1S/C13H12N2O6/c1-7-3-4-11(12(14-7)15(18)19)20-6-9-5-10(13(16)17)8(2)21-9/h3-5H,6H2,1-2H3,(H,16,17). The summed E-state index contributed by atoms with van der Waals surface area (Å²) in [5.41, 5.74) is 0.529. The minimum Gasteiger partial charge on any atom is -0.478 e. The molecule has 0 aliphatic heterocycles. The van der Waals surface area contributed by atoms with Crippen molar-refractivity contribution in [2.45, 2.75) is 20.5 Å². The predicted octanol–water partition coefficient (Wildman–Crippen LogP) is 2.48. The van der Waals surface area contributed by atoms with Crippen molar-refractivity contribution in [3.05, 3.63) is 51.1 Å². The summed E-state index contributed by atoms with van der Waals surface area (Å²) in [6, 6.07) is 4.35. The molecule has 0 atom stereocenters. The maximum atomic E-state index is 10.9. The molecule has 0 fully saturated rings. The highest BCUT2D eigenvalue weighted by Gasteiger charge is 2.19. The monoisotopic (exact) mass is 292 g/mol. The molecule has 8 nitrogen and oxygen atoms in total. The van der Waals surface area contributed by atoms with Gasteiger partial charge in [0.2, 0.25) is 5.75 Å². The number of aromatic nitrogens is 1. The van der Waals surface area contributed by atoms with Crippen LogP contribution in [0.25, 0.3) is 0 Å². The Morgan fingerprint density at radius 1 is 1.48 bits per heavy atom. The summed E-state index contributed by atoms with van der Waals surface area (Å²) in [6.45, 7) is 3.02. The second-order valence-electron chi connectivity index (χ2n) is 4.31. The predicted molar refractivity (Wildman–Crippen MR) is 70.4 cm³/mol. The van der Waals surface area contributed by atoms with Crippen molar-refractivity contribution < 1.29 is 24.0 Å². The third-order valence-corrected chi connectivity index (χ3v) is 2.72. The molecule has 0 saturated carbocycles. The lowest BCUT2D eigenvalue weighted by Crippen LogP contribution is -2.01. The number of furan rings is 1. The first-order valence-electron chi connectivity index (χ1n) is 5.96. The van der Waals surface area contributed by atoms with Gasteiger partial charge < -0.3 is 24.4 Å². The summed E-state index contributed by atoms with van der Waals surface area (Å²) in [4.78, 5) is 24.9. The van der Waals surface area contributed by atoms with E-state index in [0.29, 0.717) is 5.69 Å². The van der Waals surface area contributed by atoms with Gasteiger partial charge in [0.1, 0.15) is 29.4 Å². The Morgan fingerprint density at radius 2 is 2.19 bits per heavy atom. The van der Waals surface area contributed by atoms with Gasteiger partial charge in [-0.2, -0.15) is 0 Å². The molecule has 2 rings (SSSR count). The number of nitro groups is 1. The number of aryl methyl sites for hydroxylation is 2. The van der Waals surface area contributed by atoms with Crippen LogP contribution < -0.4 is 4.74 Å². The maximum absolute atomic E-state index is 10.9. The van der Waals surface area contributed by atoms with E-state index in [4.69, 9.17) is 14.3 Å². The van der Waals surface area contributed by atoms with Gasteiger partial charge in [-0.1, -0.05) is 0 Å². The fourth-order valence-corrected chi connectivity index (χ4v) is 1.75. The van der Waals surface area contributed by atoms with Crippen LogP contribution in [0.15, 0.2) is 22.6 Å². The van der Waals surface area contributed by atoms with Crippen LogP contribution in [0.5, 0.6) is 5.75 Å². The van der Waals surface area contributed by atoms with E-state index in [1.807, 2.05) is 0 Å². The van der Waals surface area contributed by atoms with E-state index < -0.39 is 16.7 Å². The fourth-order valence-electron chi connectivity index (χ4n) is 1.75. The van der Waals surface area contributed by atoms with E-state index in [1.54, 1.807) is 13.0 Å². The van der Waals surface area contributed by atoms with Crippen LogP contribution in [0.3, 0.4) is 0 Å². The number of carbonyl (C=O) groups is 1. The Morgan fingerprint density at radius 3 is 2.76 bits per heavy atom. The van der Waals surface area contributed by atoms with Crippen LogP contribution in [0.2, 0.25) is 0 Å². The van der Waals surface area contributed by atoms with Gasteiger partial charge in [0.25, 0.3) is 0 Å². The Hall–Kier alpha value is -2.90. The largest absolute Gasteiger partial charge is 0.478 e. The average molecular weight is 292 g/mol. The molecule has 0 aliphatic rings. The lowest BCUT2D eigenvalue weighted by Gasteiger charge is -2.04. The summed E-state index contributed by atoms with van der Waals surface area (Å²) in [7, 11) is 0. The van der Waals surface area contributed by atoms with Crippen LogP contribution in [0.1, 0.15) is 27.6 Å². The van der Waals surface area contributed by atoms with Gasteiger partial charge in [-0.25, -0.2) is 4.79 Å². The summed E-state index contributed by atoms with van der Waals surface area (Å²) < 4.78 is 10.5. The highest BCUT2D eigenvalue weighted by Crippen LogP contribution is 2.26. The number of pyridine rings is 1. The zero-order valence-corrected chi connectivity index (χ0v) is 11.3. The summed E-state index contributed by atoms with van der Waals surface area (Å²) in [5, 5.41) is 19.8. The van der Waals surface area contributed by atoms with Gasteiger partial charge in [0.15, 0.2) is 0 Å². The average Bonchev–Trinajstić information content (AvgIpc) is 2.78. The van der Waals surface area contributed by atoms with Crippen molar-refractivity contribution in [3.8, 4) is 5.75 Å². The molecule has 1 N–H and O–H groups in total. The first-order chi connectivity index (χ1) is 9.88. The highest BCUT2D eigenvalue weighted by atomic mass is 16.6. The van der Waals surface area contributed by atoms with E-state index in [9.17, 15) is 14.9 Å². The third-order valence-electron chi connectivity index (χ3n) is 2.72. The molecule has 0 bridgehead atoms. The van der Waals surface area contributed by atoms with Crippen molar-refractivity contribution in [1.82, 2.24) is 4.98 Å². The minimum atomic E-state index is -1.11. The molecule has 0 aliphatic carbocycles. The van der Waals surface area contributed by atoms with Gasteiger partial charge in [0.05, 0.1) is 0 Å². The fraction of sp³-hybridized carbons (Fsp3) is 0.231. The van der Waals surface area contributed by atoms with E-state index >= 15 is 0 Å². The summed E-state index contributed by atoms with van der Waals surface area (Å²) >= 11 is 0. The Bertz CT molecular complexity index is 707. The number of ether oxygens (including phenoxy) is 1. The zero-order chi connectivity index (χ0) is 15.6. The quantitative estimate of drug-likeness (QED) is 0.664. The van der Waals surface area contributed by atoms with Crippen LogP contribution in [0, 0.1) is 24.0 Å². The Labute approximate surface area is 119 Å². The van der Waals surface area contributed by atoms with Crippen molar-refractivity contribution in [3.63, 3.8) is 0 Å². The van der Waals surface area contributed by atoms with Gasteiger partial charge >= 0.3 is 11.8 Å². The molecule has 8 heteroatoms. The van der Waals surface area contributed by atoms with Crippen LogP contribution in [0.4, 0.5) is 5.82 Å². The third kappa shape index (κ3) is 3.16. The number of nitrogens with zero attached hydrogens (tertiary/aromatic N) is 2. The maximum Gasteiger partial charge on any atom is 0.406 e. The molecule has 0 unspecified atom stereocenters. The smallest absolute Gasteiger partial charge is 0.406 e. The van der Waals surface area contributed by atoms with Crippen molar-refractivity contribution in [2.24, 2.45) is 0 Å². The lowest BCUT2D eigenvalue weighted by atomic mass is 10.2. The molecule has 21 heavy (non-hydrogen) atoms. The first-order valence-corrected chi connectivity index (χ1v) is 5.96. The van der Waals surface area contributed by atoms with Gasteiger partial charge in [0, 0.05) is 6.92 Å². The van der Waals surface area contributed by atoms with Gasteiger partial charge in [-0.05, 0) is 35.0 Å². The van der Waals surface area contributed by atoms with E-state index in [2.05, 4.69) is 4.98 Å². The number of rotatable bonds is 5. The minimum absolute atomic E-state index is 0.00321. The zero-order valence-electron chi connectivity index (χ0n) is 11.3. The van der Waals surface area contributed by atoms with Crippen molar-refractivity contribution in [2.75, 3.05) is 0 Å². The number of aromatic carboxylic acids is 1. The number of carboxylic acids is 1. The second kappa shape index (κ2) is 5.61. The molecule has 0 amide bonds. The molecule has 2 aromatic heterocycles. The van der Waals surface area contributed by atoms with E-state index in [-0.39, 0.29) is 29.4 Å². The van der Waals surface area contributed by atoms with Crippen molar-refractivity contribution in [1.29, 1.82) is 0 Å². The first kappa shape index (κ1) is 14.5. The van der Waals surface area contributed by atoms with E-state index in [1.165, 1.54) is 19.1 Å². The second-order valence-corrected chi connectivity index (χ2v) is 4.31. The lowest BCUT2D eigenvalue weighted by molar-refractivity contribution is -0.390. The molecule has 0 aromatic carbocycles. The molecular formula is C13H12N2O6. The molecule has 2 heterocycles. The van der Waals surface area contributed by atoms with Gasteiger partial charge in [-0.3, -0.25) is 0 Å². The van der Waals surface area contributed by atoms with Crippen LogP contribution in [-0.2, 0) is 6.61 Å². The molecule has 2 aromatic rings. The molecule has 0 spiro atoms. The molecule has 0 radical (unpaired) electrons. The Balaban J connectivity index is 2.19. The molecule has 110 valence electrons. The number of hydrogen-bond donors (Lipinski definition) is 1. The normalized spacial score (nSPS) is 10.4.